The molecule has 0 radical (unpaired) electrons. The Labute approximate surface area is 192 Å². The lowest BCUT2D eigenvalue weighted by Crippen LogP contribution is -2.32. The van der Waals surface area contributed by atoms with Crippen LogP contribution in [-0.4, -0.2) is 18.4 Å². The number of rotatable bonds is 8. The largest absolute Gasteiger partial charge is 0.491 e. The zero-order chi connectivity index (χ0) is 22.7. The van der Waals surface area contributed by atoms with Crippen LogP contribution >= 0.6 is 11.3 Å². The normalized spacial score (nSPS) is 13.9. The minimum absolute atomic E-state index is 0.278. The van der Waals surface area contributed by atoms with Gasteiger partial charge in [0.25, 0.3) is 11.8 Å². The molecule has 0 unspecified atom stereocenters. The van der Waals surface area contributed by atoms with Crippen molar-refractivity contribution < 1.29 is 14.3 Å². The van der Waals surface area contributed by atoms with Crippen LogP contribution in [0.5, 0.6) is 5.75 Å². The number of ether oxygens (including phenoxy) is 1. The number of thiophene rings is 1. The third-order valence-electron chi connectivity index (χ3n) is 5.27. The van der Waals surface area contributed by atoms with Crippen molar-refractivity contribution in [1.29, 1.82) is 0 Å². The van der Waals surface area contributed by atoms with Crippen molar-refractivity contribution in [3.63, 3.8) is 0 Å². The predicted molar refractivity (Wildman–Crippen MR) is 130 cm³/mol. The van der Waals surface area contributed by atoms with Crippen molar-refractivity contribution in [2.24, 2.45) is 0 Å². The SMILES string of the molecule is CCCOc1ccccc1N1C(=O)C(Nc2ccc(C(C)C)cc2)=C(c2cccs2)C1=O. The van der Waals surface area contributed by atoms with E-state index in [0.717, 1.165) is 17.0 Å². The topological polar surface area (TPSA) is 58.6 Å². The Morgan fingerprint density at radius 1 is 0.969 bits per heavy atom. The molecule has 2 amide bonds. The molecule has 1 aliphatic rings. The van der Waals surface area contributed by atoms with Crippen molar-refractivity contribution in [1.82, 2.24) is 0 Å². The zero-order valence-electron chi connectivity index (χ0n) is 18.4. The molecule has 164 valence electrons. The highest BCUT2D eigenvalue weighted by Gasteiger charge is 2.41. The van der Waals surface area contributed by atoms with Gasteiger partial charge in [0, 0.05) is 10.6 Å². The Morgan fingerprint density at radius 3 is 2.38 bits per heavy atom. The summed E-state index contributed by atoms with van der Waals surface area (Å²) < 4.78 is 5.83. The summed E-state index contributed by atoms with van der Waals surface area (Å²) in [7, 11) is 0. The second kappa shape index (κ2) is 9.40. The van der Waals surface area contributed by atoms with Gasteiger partial charge in [-0.15, -0.1) is 11.3 Å². The Morgan fingerprint density at radius 2 is 1.72 bits per heavy atom. The maximum atomic E-state index is 13.6. The summed E-state index contributed by atoms with van der Waals surface area (Å²) in [5, 5.41) is 5.12. The molecular weight excluding hydrogens is 420 g/mol. The first-order chi connectivity index (χ1) is 15.5. The molecule has 2 aromatic carbocycles. The van der Waals surface area contributed by atoms with E-state index in [1.807, 2.05) is 54.8 Å². The molecule has 0 saturated heterocycles. The molecule has 5 nitrogen and oxygen atoms in total. The lowest BCUT2D eigenvalue weighted by Gasteiger charge is -2.19. The van der Waals surface area contributed by atoms with E-state index >= 15 is 0 Å². The fraction of sp³-hybridized carbons (Fsp3) is 0.231. The summed E-state index contributed by atoms with van der Waals surface area (Å²) in [6.45, 7) is 6.79. The van der Waals surface area contributed by atoms with E-state index in [1.54, 1.807) is 18.2 Å². The lowest BCUT2D eigenvalue weighted by atomic mass is 10.0. The van der Waals surface area contributed by atoms with E-state index in [2.05, 4.69) is 19.2 Å². The highest BCUT2D eigenvalue weighted by molar-refractivity contribution is 7.11. The van der Waals surface area contributed by atoms with Gasteiger partial charge in [-0.05, 0) is 53.6 Å². The van der Waals surface area contributed by atoms with Crippen molar-refractivity contribution in [2.45, 2.75) is 33.1 Å². The summed E-state index contributed by atoms with van der Waals surface area (Å²) in [4.78, 5) is 29.1. The monoisotopic (exact) mass is 446 g/mol. The molecular formula is C26H26N2O3S. The molecule has 2 heterocycles. The average Bonchev–Trinajstić information content (AvgIpc) is 3.40. The molecule has 0 atom stereocenters. The van der Waals surface area contributed by atoms with Gasteiger partial charge in [-0.1, -0.05) is 51.1 Å². The van der Waals surface area contributed by atoms with Gasteiger partial charge in [0.1, 0.15) is 11.4 Å². The molecule has 4 rings (SSSR count). The number of nitrogens with one attached hydrogen (secondary N) is 1. The van der Waals surface area contributed by atoms with Gasteiger partial charge in [0.15, 0.2) is 0 Å². The number of imide groups is 1. The number of carbonyl (C=O) groups excluding carboxylic acids is 2. The summed E-state index contributed by atoms with van der Waals surface area (Å²) in [5.41, 5.74) is 3.08. The Kier molecular flexibility index (Phi) is 6.42. The van der Waals surface area contributed by atoms with Gasteiger partial charge in [-0.25, -0.2) is 4.90 Å². The standard InChI is InChI=1S/C26H26N2O3S/c1-4-15-31-21-9-6-5-8-20(21)28-25(29)23(22-10-7-16-32-22)24(26(28)30)27-19-13-11-18(12-14-19)17(2)3/h5-14,16-17,27H,4,15H2,1-3H3. The van der Waals surface area contributed by atoms with E-state index in [4.69, 9.17) is 4.74 Å². The maximum Gasteiger partial charge on any atom is 0.282 e. The minimum Gasteiger partial charge on any atom is -0.491 e. The zero-order valence-corrected chi connectivity index (χ0v) is 19.2. The predicted octanol–water partition coefficient (Wildman–Crippen LogP) is 6.06. The first kappa shape index (κ1) is 21.8. The van der Waals surface area contributed by atoms with E-state index < -0.39 is 0 Å². The van der Waals surface area contributed by atoms with Crippen LogP contribution < -0.4 is 15.0 Å². The summed E-state index contributed by atoms with van der Waals surface area (Å²) in [6, 6.07) is 18.8. The van der Waals surface area contributed by atoms with Gasteiger partial charge in [0.2, 0.25) is 0 Å². The van der Waals surface area contributed by atoms with E-state index in [0.29, 0.717) is 29.5 Å². The first-order valence-electron chi connectivity index (χ1n) is 10.8. The highest BCUT2D eigenvalue weighted by Crippen LogP contribution is 2.39. The van der Waals surface area contributed by atoms with Gasteiger partial charge in [-0.2, -0.15) is 0 Å². The van der Waals surface area contributed by atoms with Crippen molar-refractivity contribution in [2.75, 3.05) is 16.8 Å². The molecule has 0 aliphatic carbocycles. The third-order valence-corrected chi connectivity index (χ3v) is 6.15. The second-order valence-corrected chi connectivity index (χ2v) is 8.84. The molecule has 0 spiro atoms. The minimum atomic E-state index is -0.390. The van der Waals surface area contributed by atoms with Crippen molar-refractivity contribution in [3.05, 3.63) is 82.2 Å². The number of para-hydroxylation sites is 2. The number of hydrogen-bond donors (Lipinski definition) is 1. The van der Waals surface area contributed by atoms with Crippen molar-refractivity contribution in [3.8, 4) is 5.75 Å². The molecule has 32 heavy (non-hydrogen) atoms. The third kappa shape index (κ3) is 4.18. The molecule has 1 N–H and O–H groups in total. The van der Waals surface area contributed by atoms with Crippen LogP contribution in [0.25, 0.3) is 5.57 Å². The van der Waals surface area contributed by atoms with Crippen LogP contribution in [-0.2, 0) is 9.59 Å². The molecule has 0 bridgehead atoms. The number of amides is 2. The van der Waals surface area contributed by atoms with Crippen LogP contribution in [0.2, 0.25) is 0 Å². The second-order valence-electron chi connectivity index (χ2n) is 7.89. The van der Waals surface area contributed by atoms with E-state index in [-0.39, 0.29) is 17.5 Å². The highest BCUT2D eigenvalue weighted by atomic mass is 32.1. The van der Waals surface area contributed by atoms with E-state index in [1.165, 1.54) is 21.8 Å². The van der Waals surface area contributed by atoms with Crippen LogP contribution in [0.3, 0.4) is 0 Å². The van der Waals surface area contributed by atoms with Gasteiger partial charge >= 0.3 is 0 Å². The number of hydrogen-bond acceptors (Lipinski definition) is 5. The van der Waals surface area contributed by atoms with Crippen LogP contribution in [0.1, 0.15) is 43.6 Å². The molecule has 1 aliphatic heterocycles. The number of carbonyl (C=O) groups is 2. The molecule has 0 saturated carbocycles. The van der Waals surface area contributed by atoms with Gasteiger partial charge in [-0.3, -0.25) is 9.59 Å². The van der Waals surface area contributed by atoms with Gasteiger partial charge < -0.3 is 10.1 Å². The number of anilines is 2. The van der Waals surface area contributed by atoms with Crippen LogP contribution in [0.4, 0.5) is 11.4 Å². The number of nitrogens with zero attached hydrogens (tertiary/aromatic N) is 1. The number of benzene rings is 2. The Bertz CT molecular complexity index is 1150. The van der Waals surface area contributed by atoms with Crippen molar-refractivity contribution >= 4 is 40.1 Å². The lowest BCUT2D eigenvalue weighted by molar-refractivity contribution is -0.120. The fourth-order valence-electron chi connectivity index (χ4n) is 3.59. The first-order valence-corrected chi connectivity index (χ1v) is 11.6. The smallest absolute Gasteiger partial charge is 0.282 e. The maximum absolute atomic E-state index is 13.6. The molecule has 1 aromatic heterocycles. The quantitative estimate of drug-likeness (QED) is 0.428. The summed E-state index contributed by atoms with van der Waals surface area (Å²) in [6.07, 6.45) is 0.827. The molecule has 6 heteroatoms. The fourth-order valence-corrected chi connectivity index (χ4v) is 4.35. The van der Waals surface area contributed by atoms with E-state index in [9.17, 15) is 9.59 Å². The molecule has 3 aromatic rings. The van der Waals surface area contributed by atoms with Crippen LogP contribution in [0, 0.1) is 0 Å². The summed E-state index contributed by atoms with van der Waals surface area (Å²) in [5.74, 6) is 0.184. The average molecular weight is 447 g/mol. The Hall–Kier alpha value is -3.38. The Balaban J connectivity index is 1.74. The van der Waals surface area contributed by atoms with Crippen LogP contribution in [0.15, 0.2) is 71.7 Å². The molecule has 0 fully saturated rings. The summed E-state index contributed by atoms with van der Waals surface area (Å²) >= 11 is 1.43. The van der Waals surface area contributed by atoms with Gasteiger partial charge in [0.05, 0.1) is 17.9 Å².